The van der Waals surface area contributed by atoms with E-state index < -0.39 is 17.8 Å². The van der Waals surface area contributed by atoms with Gasteiger partial charge in [0, 0.05) is 10.7 Å². The van der Waals surface area contributed by atoms with E-state index in [1.807, 2.05) is 0 Å². The number of nitrogens with zero attached hydrogens (tertiary/aromatic N) is 1. The molecule has 0 unspecified atom stereocenters. The summed E-state index contributed by atoms with van der Waals surface area (Å²) < 4.78 is 5.21. The van der Waals surface area contributed by atoms with E-state index in [1.165, 1.54) is 6.08 Å². The topological polar surface area (TPSA) is 105 Å². The number of primary amides is 1. The first-order valence-corrected chi connectivity index (χ1v) is 9.32. The maximum atomic E-state index is 12.6. The molecule has 0 bridgehead atoms. The third-order valence-electron chi connectivity index (χ3n) is 3.76. The van der Waals surface area contributed by atoms with Gasteiger partial charge in [-0.05, 0) is 24.6 Å². The van der Waals surface area contributed by atoms with Crippen LogP contribution < -0.4 is 11.1 Å². The van der Waals surface area contributed by atoms with Gasteiger partial charge in [0.2, 0.25) is 5.91 Å². The molecule has 8 heteroatoms. The maximum absolute atomic E-state index is 12.6. The van der Waals surface area contributed by atoms with Gasteiger partial charge in [0.05, 0.1) is 33.9 Å². The smallest absolute Gasteiger partial charge is 0.337 e. The Labute approximate surface area is 166 Å². The Balaban J connectivity index is 2.55. The van der Waals surface area contributed by atoms with Crippen LogP contribution in [0.15, 0.2) is 58.8 Å². The molecular formula is C19H18ClN3O3S. The number of dihydropyridines is 1. The van der Waals surface area contributed by atoms with Gasteiger partial charge in [-0.25, -0.2) is 4.79 Å². The molecule has 140 valence electrons. The average molecular weight is 404 g/mol. The Hall–Kier alpha value is -2.69. The van der Waals surface area contributed by atoms with E-state index in [0.717, 1.165) is 11.8 Å². The number of thioether (sulfide) groups is 1. The van der Waals surface area contributed by atoms with Crippen LogP contribution in [0, 0.1) is 11.3 Å². The second kappa shape index (κ2) is 9.31. The van der Waals surface area contributed by atoms with Crippen LogP contribution in [0.1, 0.15) is 18.4 Å². The summed E-state index contributed by atoms with van der Waals surface area (Å²) in [6.45, 7) is 5.30. The summed E-state index contributed by atoms with van der Waals surface area (Å²) >= 11 is 7.09. The Kier molecular flexibility index (Phi) is 7.11. The summed E-state index contributed by atoms with van der Waals surface area (Å²) in [5.41, 5.74) is 7.09. The third-order valence-corrected chi connectivity index (χ3v) is 5.05. The standard InChI is InChI=1S/C19H18ClN3O3S/c1-3-8-26-19(25)16-11(2)23-18(27-10-15(22)24)14(9-21)17(16)12-4-6-13(20)7-5-12/h3-7,17,23H,1,8,10H2,2H3,(H2,22,24)/t17-/m0/s1. The van der Waals surface area contributed by atoms with Crippen molar-refractivity contribution in [2.45, 2.75) is 12.8 Å². The van der Waals surface area contributed by atoms with Gasteiger partial charge in [0.25, 0.3) is 0 Å². The molecule has 3 N–H and O–H groups in total. The number of halogens is 1. The van der Waals surface area contributed by atoms with E-state index in [9.17, 15) is 14.9 Å². The highest BCUT2D eigenvalue weighted by molar-refractivity contribution is 8.03. The minimum Gasteiger partial charge on any atom is -0.458 e. The molecule has 0 aromatic heterocycles. The highest BCUT2D eigenvalue weighted by Crippen LogP contribution is 2.41. The fourth-order valence-corrected chi connectivity index (χ4v) is 3.60. The molecule has 0 radical (unpaired) electrons. The number of esters is 1. The predicted molar refractivity (Wildman–Crippen MR) is 105 cm³/mol. The number of hydrogen-bond donors (Lipinski definition) is 2. The van der Waals surface area contributed by atoms with Gasteiger partial charge in [0.15, 0.2) is 0 Å². The first kappa shape index (κ1) is 20.6. The van der Waals surface area contributed by atoms with Gasteiger partial charge in [-0.3, -0.25) is 4.79 Å². The number of nitrogens with two attached hydrogens (primary N) is 1. The number of benzene rings is 1. The van der Waals surface area contributed by atoms with Crippen molar-refractivity contribution >= 4 is 35.2 Å². The van der Waals surface area contributed by atoms with Crippen molar-refractivity contribution in [1.29, 1.82) is 5.26 Å². The van der Waals surface area contributed by atoms with E-state index in [1.54, 1.807) is 31.2 Å². The van der Waals surface area contributed by atoms with Crippen LogP contribution in [0.3, 0.4) is 0 Å². The average Bonchev–Trinajstić information content (AvgIpc) is 2.64. The van der Waals surface area contributed by atoms with E-state index in [2.05, 4.69) is 18.0 Å². The van der Waals surface area contributed by atoms with Crippen LogP contribution in [0.4, 0.5) is 0 Å². The lowest BCUT2D eigenvalue weighted by Crippen LogP contribution is -2.29. The molecule has 2 rings (SSSR count). The van der Waals surface area contributed by atoms with Crippen molar-refractivity contribution in [1.82, 2.24) is 5.32 Å². The zero-order chi connectivity index (χ0) is 20.0. The van der Waals surface area contributed by atoms with Crippen LogP contribution in [-0.2, 0) is 14.3 Å². The van der Waals surface area contributed by atoms with E-state index in [-0.39, 0.29) is 12.4 Å². The van der Waals surface area contributed by atoms with Crippen molar-refractivity contribution < 1.29 is 14.3 Å². The number of rotatable bonds is 7. The zero-order valence-corrected chi connectivity index (χ0v) is 16.2. The van der Waals surface area contributed by atoms with Crippen molar-refractivity contribution in [3.8, 4) is 6.07 Å². The largest absolute Gasteiger partial charge is 0.458 e. The predicted octanol–water partition coefficient (Wildman–Crippen LogP) is 2.98. The van der Waals surface area contributed by atoms with Crippen LogP contribution in [0.5, 0.6) is 0 Å². The summed E-state index contributed by atoms with van der Waals surface area (Å²) in [7, 11) is 0. The summed E-state index contributed by atoms with van der Waals surface area (Å²) in [6.07, 6.45) is 1.47. The highest BCUT2D eigenvalue weighted by atomic mass is 35.5. The minimum atomic E-state index is -0.652. The summed E-state index contributed by atoms with van der Waals surface area (Å²) in [6, 6.07) is 9.03. The molecule has 27 heavy (non-hydrogen) atoms. The van der Waals surface area contributed by atoms with Gasteiger partial charge in [-0.2, -0.15) is 5.26 Å². The number of hydrogen-bond acceptors (Lipinski definition) is 6. The molecule has 1 aromatic carbocycles. The number of ether oxygens (including phenoxy) is 1. The van der Waals surface area contributed by atoms with Crippen LogP contribution in [0.2, 0.25) is 5.02 Å². The fraction of sp³-hybridized carbons (Fsp3) is 0.211. The molecule has 1 amide bonds. The lowest BCUT2D eigenvalue weighted by molar-refractivity contribution is -0.138. The number of nitrogens with one attached hydrogen (secondary N) is 1. The Morgan fingerprint density at radius 2 is 2.11 bits per heavy atom. The van der Waals surface area contributed by atoms with Crippen LogP contribution in [-0.4, -0.2) is 24.2 Å². The molecular weight excluding hydrogens is 386 g/mol. The molecule has 6 nitrogen and oxygen atoms in total. The first-order chi connectivity index (χ1) is 12.9. The SMILES string of the molecule is C=CCOC(=O)C1=C(C)NC(SCC(N)=O)=C(C#N)[C@@H]1c1ccc(Cl)cc1. The molecule has 1 aromatic rings. The Morgan fingerprint density at radius 1 is 1.44 bits per heavy atom. The van der Waals surface area contributed by atoms with Gasteiger partial charge >= 0.3 is 5.97 Å². The van der Waals surface area contributed by atoms with E-state index in [4.69, 9.17) is 22.1 Å². The lowest BCUT2D eigenvalue weighted by atomic mass is 9.82. The van der Waals surface area contributed by atoms with Crippen molar-refractivity contribution in [2.24, 2.45) is 5.73 Å². The Bertz CT molecular complexity index is 869. The molecule has 0 saturated heterocycles. The molecule has 0 aliphatic carbocycles. The van der Waals surface area contributed by atoms with Crippen molar-refractivity contribution in [3.63, 3.8) is 0 Å². The maximum Gasteiger partial charge on any atom is 0.337 e. The van der Waals surface area contributed by atoms with Gasteiger partial charge in [0.1, 0.15) is 6.61 Å². The van der Waals surface area contributed by atoms with Crippen molar-refractivity contribution in [2.75, 3.05) is 12.4 Å². The first-order valence-electron chi connectivity index (χ1n) is 7.95. The normalized spacial score (nSPS) is 16.4. The molecule has 0 spiro atoms. The quantitative estimate of drug-likeness (QED) is 0.535. The Morgan fingerprint density at radius 3 is 2.67 bits per heavy atom. The summed E-state index contributed by atoms with van der Waals surface area (Å²) in [5, 5.41) is 13.8. The zero-order valence-electron chi connectivity index (χ0n) is 14.6. The van der Waals surface area contributed by atoms with Gasteiger partial charge in [-0.1, -0.05) is 48.2 Å². The molecule has 1 heterocycles. The number of carbonyl (C=O) groups is 2. The summed E-state index contributed by atoms with van der Waals surface area (Å²) in [5.74, 6) is -1.70. The van der Waals surface area contributed by atoms with Gasteiger partial charge in [-0.15, -0.1) is 0 Å². The van der Waals surface area contributed by atoms with Crippen LogP contribution >= 0.6 is 23.4 Å². The van der Waals surface area contributed by atoms with E-state index >= 15 is 0 Å². The number of nitriles is 1. The second-order valence-electron chi connectivity index (χ2n) is 5.64. The monoisotopic (exact) mass is 403 g/mol. The molecule has 0 fully saturated rings. The highest BCUT2D eigenvalue weighted by Gasteiger charge is 2.35. The minimum absolute atomic E-state index is 0.00434. The third kappa shape index (κ3) is 4.94. The fourth-order valence-electron chi connectivity index (χ4n) is 2.64. The van der Waals surface area contributed by atoms with Crippen molar-refractivity contribution in [3.05, 3.63) is 69.4 Å². The van der Waals surface area contributed by atoms with E-state index in [0.29, 0.717) is 32.5 Å². The number of carbonyl (C=O) groups excluding carboxylic acids is 2. The molecule has 0 saturated carbocycles. The molecule has 1 aliphatic rings. The molecule has 1 atom stereocenters. The summed E-state index contributed by atoms with van der Waals surface area (Å²) in [4.78, 5) is 23.8. The van der Waals surface area contributed by atoms with Crippen LogP contribution in [0.25, 0.3) is 0 Å². The number of allylic oxidation sites excluding steroid dienone is 2. The van der Waals surface area contributed by atoms with Gasteiger partial charge < -0.3 is 15.8 Å². The lowest BCUT2D eigenvalue weighted by Gasteiger charge is -2.29. The second-order valence-corrected chi connectivity index (χ2v) is 7.07. The molecule has 1 aliphatic heterocycles. The number of amides is 1.